The molecule has 0 aromatic rings. The average Bonchev–Trinajstić information content (AvgIpc) is 2.23. The molecule has 2 atom stereocenters. The second-order valence-electron chi connectivity index (χ2n) is 6.04. The number of unbranched alkanes of at least 4 members (excludes halogenated alkanes) is 3. The standard InChI is InChI=1S/C14H29NO/c1-4-5-6-7-10-16-13-11-14(2,3)9-8-12(13)15/h12-13H,4-11,15H2,1-3H3. The van der Waals surface area contributed by atoms with Gasteiger partial charge in [-0.3, -0.25) is 0 Å². The molecule has 2 nitrogen and oxygen atoms in total. The first-order valence-corrected chi connectivity index (χ1v) is 6.92. The van der Waals surface area contributed by atoms with Gasteiger partial charge >= 0.3 is 0 Å². The fourth-order valence-corrected chi connectivity index (χ4v) is 2.49. The summed E-state index contributed by atoms with van der Waals surface area (Å²) >= 11 is 0. The first-order valence-electron chi connectivity index (χ1n) is 6.92. The summed E-state index contributed by atoms with van der Waals surface area (Å²) in [7, 11) is 0. The summed E-state index contributed by atoms with van der Waals surface area (Å²) in [6.45, 7) is 7.79. The molecule has 0 radical (unpaired) electrons. The van der Waals surface area contributed by atoms with Crippen molar-refractivity contribution in [3.63, 3.8) is 0 Å². The van der Waals surface area contributed by atoms with Crippen LogP contribution in [0, 0.1) is 5.41 Å². The number of hydrogen-bond acceptors (Lipinski definition) is 2. The van der Waals surface area contributed by atoms with Crippen molar-refractivity contribution in [3.05, 3.63) is 0 Å². The monoisotopic (exact) mass is 227 g/mol. The highest BCUT2D eigenvalue weighted by Crippen LogP contribution is 2.36. The van der Waals surface area contributed by atoms with Gasteiger partial charge < -0.3 is 10.5 Å². The second-order valence-corrected chi connectivity index (χ2v) is 6.04. The normalized spacial score (nSPS) is 29.2. The molecule has 0 amide bonds. The second kappa shape index (κ2) is 6.61. The molecule has 1 saturated carbocycles. The summed E-state index contributed by atoms with van der Waals surface area (Å²) in [5.74, 6) is 0. The van der Waals surface area contributed by atoms with E-state index in [0.29, 0.717) is 11.5 Å². The van der Waals surface area contributed by atoms with Crippen molar-refractivity contribution in [1.29, 1.82) is 0 Å². The SMILES string of the molecule is CCCCCCOC1CC(C)(C)CCC1N. The Hall–Kier alpha value is -0.0800. The maximum absolute atomic E-state index is 6.12. The van der Waals surface area contributed by atoms with Crippen LogP contribution in [0.25, 0.3) is 0 Å². The first kappa shape index (κ1) is 14.0. The Labute approximate surface area is 101 Å². The van der Waals surface area contributed by atoms with Gasteiger partial charge in [-0.15, -0.1) is 0 Å². The van der Waals surface area contributed by atoms with Crippen molar-refractivity contribution in [1.82, 2.24) is 0 Å². The molecule has 0 bridgehead atoms. The van der Waals surface area contributed by atoms with Crippen LogP contribution in [0.5, 0.6) is 0 Å². The Morgan fingerprint density at radius 1 is 1.25 bits per heavy atom. The molecule has 16 heavy (non-hydrogen) atoms. The van der Waals surface area contributed by atoms with Gasteiger partial charge in [-0.05, 0) is 31.1 Å². The van der Waals surface area contributed by atoms with Gasteiger partial charge in [0.1, 0.15) is 0 Å². The third kappa shape index (κ3) is 4.84. The van der Waals surface area contributed by atoms with E-state index >= 15 is 0 Å². The zero-order valence-corrected chi connectivity index (χ0v) is 11.3. The predicted molar refractivity (Wildman–Crippen MR) is 69.5 cm³/mol. The molecule has 2 heteroatoms. The summed E-state index contributed by atoms with van der Waals surface area (Å²) in [5, 5.41) is 0. The van der Waals surface area contributed by atoms with Crippen molar-refractivity contribution < 1.29 is 4.74 Å². The Morgan fingerprint density at radius 3 is 2.69 bits per heavy atom. The Kier molecular flexibility index (Phi) is 5.77. The maximum Gasteiger partial charge on any atom is 0.0731 e. The van der Waals surface area contributed by atoms with Crippen LogP contribution in [-0.2, 0) is 4.74 Å². The molecule has 0 aromatic carbocycles. The van der Waals surface area contributed by atoms with Crippen LogP contribution in [0.1, 0.15) is 65.7 Å². The van der Waals surface area contributed by atoms with E-state index in [2.05, 4.69) is 20.8 Å². The van der Waals surface area contributed by atoms with Crippen LogP contribution in [0.4, 0.5) is 0 Å². The van der Waals surface area contributed by atoms with Crippen LogP contribution >= 0.6 is 0 Å². The van der Waals surface area contributed by atoms with Crippen LogP contribution < -0.4 is 5.73 Å². The molecule has 2 unspecified atom stereocenters. The van der Waals surface area contributed by atoms with Crippen molar-refractivity contribution in [2.24, 2.45) is 11.1 Å². The van der Waals surface area contributed by atoms with Gasteiger partial charge in [0.15, 0.2) is 0 Å². The van der Waals surface area contributed by atoms with E-state index in [4.69, 9.17) is 10.5 Å². The molecule has 2 N–H and O–H groups in total. The minimum atomic E-state index is 0.263. The van der Waals surface area contributed by atoms with E-state index in [0.717, 1.165) is 19.4 Å². The number of rotatable bonds is 6. The van der Waals surface area contributed by atoms with Gasteiger partial charge in [0, 0.05) is 12.6 Å². The lowest BCUT2D eigenvalue weighted by Crippen LogP contribution is -2.44. The Bertz CT molecular complexity index is 191. The number of ether oxygens (including phenoxy) is 1. The topological polar surface area (TPSA) is 35.2 Å². The highest BCUT2D eigenvalue weighted by atomic mass is 16.5. The first-order chi connectivity index (χ1) is 7.55. The largest absolute Gasteiger partial charge is 0.377 e. The van der Waals surface area contributed by atoms with Crippen molar-refractivity contribution in [3.8, 4) is 0 Å². The highest BCUT2D eigenvalue weighted by molar-refractivity contribution is 4.87. The molecule has 1 aliphatic rings. The molecule has 1 rings (SSSR count). The van der Waals surface area contributed by atoms with Crippen LogP contribution in [0.2, 0.25) is 0 Å². The Morgan fingerprint density at radius 2 is 2.00 bits per heavy atom. The predicted octanol–water partition coefficient (Wildman–Crippen LogP) is 3.49. The highest BCUT2D eigenvalue weighted by Gasteiger charge is 2.33. The lowest BCUT2D eigenvalue weighted by molar-refractivity contribution is -0.0202. The minimum absolute atomic E-state index is 0.263. The van der Waals surface area contributed by atoms with Gasteiger partial charge in [-0.25, -0.2) is 0 Å². The molecule has 0 aromatic heterocycles. The molecular weight excluding hydrogens is 198 g/mol. The molecule has 0 heterocycles. The molecule has 0 aliphatic heterocycles. The van der Waals surface area contributed by atoms with Crippen LogP contribution in [0.3, 0.4) is 0 Å². The molecule has 0 spiro atoms. The zero-order chi connectivity index (χ0) is 12.0. The summed E-state index contributed by atoms with van der Waals surface area (Å²) in [6, 6.07) is 0.263. The van der Waals surface area contributed by atoms with Gasteiger partial charge in [0.2, 0.25) is 0 Å². The minimum Gasteiger partial charge on any atom is -0.377 e. The van der Waals surface area contributed by atoms with E-state index in [1.165, 1.54) is 32.1 Å². The number of hydrogen-bond donors (Lipinski definition) is 1. The van der Waals surface area contributed by atoms with Crippen molar-refractivity contribution >= 4 is 0 Å². The quantitative estimate of drug-likeness (QED) is 0.705. The summed E-state index contributed by atoms with van der Waals surface area (Å²) in [6.07, 6.45) is 8.88. The maximum atomic E-state index is 6.12. The number of nitrogens with two attached hydrogens (primary N) is 1. The smallest absolute Gasteiger partial charge is 0.0731 e. The lowest BCUT2D eigenvalue weighted by atomic mass is 9.74. The van der Waals surface area contributed by atoms with Gasteiger partial charge in [-0.2, -0.15) is 0 Å². The zero-order valence-electron chi connectivity index (χ0n) is 11.3. The fraction of sp³-hybridized carbons (Fsp3) is 1.00. The van der Waals surface area contributed by atoms with Crippen molar-refractivity contribution in [2.75, 3.05) is 6.61 Å². The summed E-state index contributed by atoms with van der Waals surface area (Å²) in [5.41, 5.74) is 6.54. The molecule has 0 saturated heterocycles. The average molecular weight is 227 g/mol. The molecule has 1 fully saturated rings. The van der Waals surface area contributed by atoms with E-state index in [9.17, 15) is 0 Å². The fourth-order valence-electron chi connectivity index (χ4n) is 2.49. The van der Waals surface area contributed by atoms with Crippen LogP contribution in [0.15, 0.2) is 0 Å². The molecule has 96 valence electrons. The van der Waals surface area contributed by atoms with Gasteiger partial charge in [-0.1, -0.05) is 40.0 Å². The third-order valence-electron chi connectivity index (χ3n) is 3.72. The summed E-state index contributed by atoms with van der Waals surface area (Å²) in [4.78, 5) is 0. The van der Waals surface area contributed by atoms with E-state index in [1.807, 2.05) is 0 Å². The lowest BCUT2D eigenvalue weighted by Gasteiger charge is -2.39. The van der Waals surface area contributed by atoms with E-state index < -0.39 is 0 Å². The Balaban J connectivity index is 2.18. The van der Waals surface area contributed by atoms with E-state index in [1.54, 1.807) is 0 Å². The van der Waals surface area contributed by atoms with Crippen LogP contribution in [-0.4, -0.2) is 18.8 Å². The third-order valence-corrected chi connectivity index (χ3v) is 3.72. The van der Waals surface area contributed by atoms with Gasteiger partial charge in [0.25, 0.3) is 0 Å². The molecule has 1 aliphatic carbocycles. The van der Waals surface area contributed by atoms with Crippen molar-refractivity contribution in [2.45, 2.75) is 77.9 Å². The molecular formula is C14H29NO. The summed E-state index contributed by atoms with van der Waals surface area (Å²) < 4.78 is 5.95. The van der Waals surface area contributed by atoms with E-state index in [-0.39, 0.29) is 6.04 Å². The van der Waals surface area contributed by atoms with Gasteiger partial charge in [0.05, 0.1) is 6.10 Å².